The average Bonchev–Trinajstić information content (AvgIpc) is 2.85. The SMILES string of the molecule is CSc1n[nH]c(-c2cccs2)c1C#N. The third-order valence-electron chi connectivity index (χ3n) is 1.81. The van der Waals surface area contributed by atoms with E-state index in [1.54, 1.807) is 11.3 Å². The van der Waals surface area contributed by atoms with Crippen LogP contribution in [0, 0.1) is 11.3 Å². The fourth-order valence-corrected chi connectivity index (χ4v) is 2.39. The molecule has 70 valence electrons. The lowest BCUT2D eigenvalue weighted by Crippen LogP contribution is -1.77. The minimum absolute atomic E-state index is 0.639. The molecule has 0 radical (unpaired) electrons. The monoisotopic (exact) mass is 221 g/mol. The topological polar surface area (TPSA) is 52.5 Å². The van der Waals surface area contributed by atoms with E-state index < -0.39 is 0 Å². The lowest BCUT2D eigenvalue weighted by atomic mass is 10.2. The van der Waals surface area contributed by atoms with Crippen LogP contribution in [0.25, 0.3) is 10.6 Å². The van der Waals surface area contributed by atoms with E-state index in [0.29, 0.717) is 5.56 Å². The largest absolute Gasteiger partial charge is 0.274 e. The Hall–Kier alpha value is -1.25. The molecule has 0 fully saturated rings. The number of thioether (sulfide) groups is 1. The Kier molecular flexibility index (Phi) is 2.57. The summed E-state index contributed by atoms with van der Waals surface area (Å²) < 4.78 is 0. The number of rotatable bonds is 2. The molecule has 0 bridgehead atoms. The van der Waals surface area contributed by atoms with Gasteiger partial charge in [-0.15, -0.1) is 23.1 Å². The number of aromatic amines is 1. The molecule has 3 nitrogen and oxygen atoms in total. The van der Waals surface area contributed by atoms with E-state index in [0.717, 1.165) is 15.6 Å². The van der Waals surface area contributed by atoms with Crippen molar-refractivity contribution in [2.24, 2.45) is 0 Å². The van der Waals surface area contributed by atoms with E-state index in [1.165, 1.54) is 11.8 Å². The van der Waals surface area contributed by atoms with Gasteiger partial charge in [-0.05, 0) is 17.7 Å². The van der Waals surface area contributed by atoms with Crippen LogP contribution in [0.15, 0.2) is 22.5 Å². The van der Waals surface area contributed by atoms with Crippen molar-refractivity contribution in [3.8, 4) is 16.6 Å². The van der Waals surface area contributed by atoms with Gasteiger partial charge in [0, 0.05) is 0 Å². The van der Waals surface area contributed by atoms with Gasteiger partial charge in [-0.25, -0.2) is 0 Å². The summed E-state index contributed by atoms with van der Waals surface area (Å²) in [5.74, 6) is 0. The van der Waals surface area contributed by atoms with Gasteiger partial charge in [0.15, 0.2) is 0 Å². The fraction of sp³-hybridized carbons (Fsp3) is 0.111. The van der Waals surface area contributed by atoms with Crippen LogP contribution >= 0.6 is 23.1 Å². The van der Waals surface area contributed by atoms with Gasteiger partial charge in [0.1, 0.15) is 16.7 Å². The molecule has 2 aromatic heterocycles. The minimum atomic E-state index is 0.639. The van der Waals surface area contributed by atoms with Crippen LogP contribution < -0.4 is 0 Å². The van der Waals surface area contributed by atoms with Crippen molar-refractivity contribution in [1.82, 2.24) is 10.2 Å². The van der Waals surface area contributed by atoms with Crippen LogP contribution in [-0.2, 0) is 0 Å². The first-order valence-corrected chi connectivity index (χ1v) is 6.03. The number of nitrogens with one attached hydrogen (secondary N) is 1. The lowest BCUT2D eigenvalue weighted by molar-refractivity contribution is 1.01. The van der Waals surface area contributed by atoms with Gasteiger partial charge in [-0.3, -0.25) is 5.10 Å². The summed E-state index contributed by atoms with van der Waals surface area (Å²) in [4.78, 5) is 1.05. The van der Waals surface area contributed by atoms with Crippen LogP contribution in [-0.4, -0.2) is 16.5 Å². The molecule has 0 saturated carbocycles. The fourth-order valence-electron chi connectivity index (χ4n) is 1.18. The van der Waals surface area contributed by atoms with E-state index in [4.69, 9.17) is 5.26 Å². The third kappa shape index (κ3) is 1.43. The molecule has 0 amide bonds. The Balaban J connectivity index is 2.56. The maximum absolute atomic E-state index is 9.00. The second kappa shape index (κ2) is 3.86. The molecule has 0 unspecified atom stereocenters. The molecule has 0 aromatic carbocycles. The normalized spacial score (nSPS) is 10.0. The van der Waals surface area contributed by atoms with Gasteiger partial charge >= 0.3 is 0 Å². The zero-order valence-electron chi connectivity index (χ0n) is 7.44. The smallest absolute Gasteiger partial charge is 0.136 e. The molecule has 2 heterocycles. The molecule has 0 aliphatic carbocycles. The number of thiophene rings is 1. The van der Waals surface area contributed by atoms with Crippen molar-refractivity contribution in [1.29, 1.82) is 5.26 Å². The first-order valence-electron chi connectivity index (χ1n) is 3.93. The molecule has 0 aliphatic heterocycles. The minimum Gasteiger partial charge on any atom is -0.274 e. The maximum Gasteiger partial charge on any atom is 0.136 e. The number of nitrogens with zero attached hydrogens (tertiary/aromatic N) is 2. The zero-order valence-corrected chi connectivity index (χ0v) is 9.08. The number of H-pyrrole nitrogens is 1. The standard InChI is InChI=1S/C9H7N3S2/c1-13-9-6(5-10)8(11-12-9)7-3-2-4-14-7/h2-4H,1H3,(H,11,12). The summed E-state index contributed by atoms with van der Waals surface area (Å²) in [6, 6.07) is 6.11. The highest BCUT2D eigenvalue weighted by atomic mass is 32.2. The molecule has 1 N–H and O–H groups in total. The van der Waals surface area contributed by atoms with E-state index in [1.807, 2.05) is 23.8 Å². The molecule has 0 atom stereocenters. The molecule has 0 aliphatic rings. The van der Waals surface area contributed by atoms with Gasteiger partial charge in [0.05, 0.1) is 10.6 Å². The second-order valence-electron chi connectivity index (χ2n) is 2.57. The highest BCUT2D eigenvalue weighted by Crippen LogP contribution is 2.30. The van der Waals surface area contributed by atoms with Crippen molar-refractivity contribution in [3.63, 3.8) is 0 Å². The van der Waals surface area contributed by atoms with E-state index in [2.05, 4.69) is 16.3 Å². The van der Waals surface area contributed by atoms with Crippen molar-refractivity contribution >= 4 is 23.1 Å². The third-order valence-corrected chi connectivity index (χ3v) is 3.38. The zero-order chi connectivity index (χ0) is 9.97. The molecule has 14 heavy (non-hydrogen) atoms. The first-order chi connectivity index (χ1) is 6.86. The van der Waals surface area contributed by atoms with Crippen LogP contribution in [0.4, 0.5) is 0 Å². The second-order valence-corrected chi connectivity index (χ2v) is 4.31. The number of hydrogen-bond donors (Lipinski definition) is 1. The van der Waals surface area contributed by atoms with E-state index in [9.17, 15) is 0 Å². The van der Waals surface area contributed by atoms with Crippen molar-refractivity contribution in [2.75, 3.05) is 6.26 Å². The Labute approximate surface area is 89.8 Å². The Morgan fingerprint density at radius 3 is 3.07 bits per heavy atom. The predicted octanol–water partition coefficient (Wildman–Crippen LogP) is 2.73. The van der Waals surface area contributed by atoms with Gasteiger partial charge in [-0.2, -0.15) is 10.4 Å². The summed E-state index contributed by atoms with van der Waals surface area (Å²) in [5.41, 5.74) is 1.46. The Morgan fingerprint density at radius 1 is 1.64 bits per heavy atom. The van der Waals surface area contributed by atoms with Crippen LogP contribution in [0.1, 0.15) is 5.56 Å². The summed E-state index contributed by atoms with van der Waals surface area (Å²) >= 11 is 3.08. The van der Waals surface area contributed by atoms with E-state index in [-0.39, 0.29) is 0 Å². The molecular weight excluding hydrogens is 214 g/mol. The number of hydrogen-bond acceptors (Lipinski definition) is 4. The van der Waals surface area contributed by atoms with Crippen LogP contribution in [0.2, 0.25) is 0 Å². The summed E-state index contributed by atoms with van der Waals surface area (Å²) in [6.07, 6.45) is 1.91. The molecule has 0 saturated heterocycles. The summed E-state index contributed by atoms with van der Waals surface area (Å²) in [6.45, 7) is 0. The Morgan fingerprint density at radius 2 is 2.50 bits per heavy atom. The van der Waals surface area contributed by atoms with Gasteiger partial charge in [0.2, 0.25) is 0 Å². The van der Waals surface area contributed by atoms with Crippen LogP contribution in [0.5, 0.6) is 0 Å². The van der Waals surface area contributed by atoms with E-state index >= 15 is 0 Å². The number of aromatic nitrogens is 2. The van der Waals surface area contributed by atoms with Gasteiger partial charge in [-0.1, -0.05) is 6.07 Å². The average molecular weight is 221 g/mol. The molecule has 2 rings (SSSR count). The van der Waals surface area contributed by atoms with Crippen molar-refractivity contribution in [2.45, 2.75) is 5.03 Å². The highest BCUT2D eigenvalue weighted by molar-refractivity contribution is 7.98. The maximum atomic E-state index is 9.00. The predicted molar refractivity (Wildman–Crippen MR) is 58.4 cm³/mol. The van der Waals surface area contributed by atoms with Crippen molar-refractivity contribution < 1.29 is 0 Å². The molecule has 5 heteroatoms. The van der Waals surface area contributed by atoms with Crippen molar-refractivity contribution in [3.05, 3.63) is 23.1 Å². The first kappa shape index (κ1) is 9.31. The van der Waals surface area contributed by atoms with Gasteiger partial charge in [0.25, 0.3) is 0 Å². The number of nitriles is 1. The summed E-state index contributed by atoms with van der Waals surface area (Å²) in [7, 11) is 0. The lowest BCUT2D eigenvalue weighted by Gasteiger charge is -1.91. The molecule has 2 aromatic rings. The summed E-state index contributed by atoms with van der Waals surface area (Å²) in [5, 5.41) is 18.7. The quantitative estimate of drug-likeness (QED) is 0.793. The highest BCUT2D eigenvalue weighted by Gasteiger charge is 2.13. The van der Waals surface area contributed by atoms with Crippen LogP contribution in [0.3, 0.4) is 0 Å². The molecular formula is C9H7N3S2. The molecule has 0 spiro atoms. The van der Waals surface area contributed by atoms with Gasteiger partial charge < -0.3 is 0 Å². The Bertz CT molecular complexity index is 465.